The van der Waals surface area contributed by atoms with Crippen LogP contribution >= 0.6 is 0 Å². The van der Waals surface area contributed by atoms with E-state index in [2.05, 4.69) is 5.32 Å². The van der Waals surface area contributed by atoms with Crippen LogP contribution < -0.4 is 5.32 Å². The third-order valence-corrected chi connectivity index (χ3v) is 2.90. The molecule has 2 unspecified atom stereocenters. The fourth-order valence-corrected chi connectivity index (χ4v) is 1.43. The maximum atomic E-state index is 13.1. The highest BCUT2D eigenvalue weighted by molar-refractivity contribution is 5.98. The normalized spacial score (nSPS) is 13.7. The number of rotatable bonds is 5. The standard InChI is InChI=1S/C12H15FN2O4/c1-7(6-16)8(2)14-12(17)10-5-9(13)3-4-11(10)15(18)19/h3-5,7-8,16H,6H2,1-2H3,(H,14,17). The van der Waals surface area contributed by atoms with Gasteiger partial charge in [0.15, 0.2) is 0 Å². The molecule has 0 radical (unpaired) electrons. The van der Waals surface area contributed by atoms with Crippen molar-refractivity contribution < 1.29 is 19.2 Å². The fraction of sp³-hybridized carbons (Fsp3) is 0.417. The van der Waals surface area contributed by atoms with Crippen molar-refractivity contribution in [1.82, 2.24) is 5.32 Å². The Morgan fingerprint density at radius 3 is 2.68 bits per heavy atom. The van der Waals surface area contributed by atoms with Crippen LogP contribution in [0.3, 0.4) is 0 Å². The van der Waals surface area contributed by atoms with E-state index in [0.29, 0.717) is 0 Å². The first kappa shape index (κ1) is 15.0. The topological polar surface area (TPSA) is 92.5 Å². The number of nitrogens with one attached hydrogen (secondary N) is 1. The van der Waals surface area contributed by atoms with Crippen molar-refractivity contribution in [3.63, 3.8) is 0 Å². The molecule has 1 amide bonds. The van der Waals surface area contributed by atoms with Crippen LogP contribution in [0, 0.1) is 21.8 Å². The lowest BCUT2D eigenvalue weighted by Crippen LogP contribution is -2.38. The molecular formula is C12H15FN2O4. The summed E-state index contributed by atoms with van der Waals surface area (Å²) in [5.74, 6) is -1.67. The highest BCUT2D eigenvalue weighted by Gasteiger charge is 2.23. The van der Waals surface area contributed by atoms with Gasteiger partial charge in [0.05, 0.1) is 4.92 Å². The second-order valence-corrected chi connectivity index (χ2v) is 4.34. The van der Waals surface area contributed by atoms with Crippen LogP contribution in [0.1, 0.15) is 24.2 Å². The molecule has 1 aromatic rings. The van der Waals surface area contributed by atoms with Crippen LogP contribution in [0.5, 0.6) is 0 Å². The van der Waals surface area contributed by atoms with Crippen molar-refractivity contribution in [3.8, 4) is 0 Å². The molecule has 104 valence electrons. The Kier molecular flexibility index (Phi) is 4.94. The van der Waals surface area contributed by atoms with Crippen molar-refractivity contribution in [2.75, 3.05) is 6.61 Å². The molecule has 0 aliphatic carbocycles. The van der Waals surface area contributed by atoms with E-state index in [1.807, 2.05) is 0 Å². The Hall–Kier alpha value is -2.02. The Morgan fingerprint density at radius 1 is 1.53 bits per heavy atom. The molecule has 7 heteroatoms. The number of nitrogens with zero attached hydrogens (tertiary/aromatic N) is 1. The average Bonchev–Trinajstić information content (AvgIpc) is 2.36. The van der Waals surface area contributed by atoms with Gasteiger partial charge < -0.3 is 10.4 Å². The molecule has 0 bridgehead atoms. The van der Waals surface area contributed by atoms with Crippen LogP contribution in [0.2, 0.25) is 0 Å². The van der Waals surface area contributed by atoms with Crippen molar-refractivity contribution in [1.29, 1.82) is 0 Å². The second kappa shape index (κ2) is 6.24. The molecule has 0 saturated heterocycles. The monoisotopic (exact) mass is 270 g/mol. The van der Waals surface area contributed by atoms with Gasteiger partial charge in [-0.1, -0.05) is 6.92 Å². The summed E-state index contributed by atoms with van der Waals surface area (Å²) in [4.78, 5) is 21.9. The van der Waals surface area contributed by atoms with Gasteiger partial charge in [-0.2, -0.15) is 0 Å². The Labute approximate surface area is 109 Å². The van der Waals surface area contributed by atoms with Crippen LogP contribution in [-0.4, -0.2) is 28.6 Å². The summed E-state index contributed by atoms with van der Waals surface area (Å²) in [6.07, 6.45) is 0. The summed E-state index contributed by atoms with van der Waals surface area (Å²) in [5, 5.41) is 22.2. The van der Waals surface area contributed by atoms with E-state index in [9.17, 15) is 19.3 Å². The van der Waals surface area contributed by atoms with E-state index in [1.165, 1.54) is 0 Å². The number of hydrogen-bond donors (Lipinski definition) is 2. The third kappa shape index (κ3) is 3.72. The SMILES string of the molecule is CC(CO)C(C)NC(=O)c1cc(F)ccc1[N+](=O)[O-]. The van der Waals surface area contributed by atoms with Crippen LogP contribution in [-0.2, 0) is 0 Å². The number of aliphatic hydroxyl groups excluding tert-OH is 1. The van der Waals surface area contributed by atoms with Gasteiger partial charge in [-0.15, -0.1) is 0 Å². The number of nitro benzene ring substituents is 1. The Morgan fingerprint density at radius 2 is 2.16 bits per heavy atom. The molecule has 0 spiro atoms. The molecule has 6 nitrogen and oxygen atoms in total. The lowest BCUT2D eigenvalue weighted by atomic mass is 10.0. The molecular weight excluding hydrogens is 255 g/mol. The Bertz CT molecular complexity index is 493. The average molecular weight is 270 g/mol. The van der Waals surface area contributed by atoms with Crippen molar-refractivity contribution in [3.05, 3.63) is 39.7 Å². The largest absolute Gasteiger partial charge is 0.396 e. The lowest BCUT2D eigenvalue weighted by molar-refractivity contribution is -0.385. The van der Waals surface area contributed by atoms with Gasteiger partial charge in [0.1, 0.15) is 11.4 Å². The summed E-state index contributed by atoms with van der Waals surface area (Å²) >= 11 is 0. The number of amides is 1. The van der Waals surface area contributed by atoms with Gasteiger partial charge in [0.25, 0.3) is 11.6 Å². The number of aliphatic hydroxyl groups is 1. The molecule has 1 rings (SSSR count). The molecule has 1 aromatic carbocycles. The van der Waals surface area contributed by atoms with Gasteiger partial charge >= 0.3 is 0 Å². The molecule has 0 aliphatic heterocycles. The molecule has 2 N–H and O–H groups in total. The predicted molar refractivity (Wildman–Crippen MR) is 66.2 cm³/mol. The minimum Gasteiger partial charge on any atom is -0.396 e. The maximum absolute atomic E-state index is 13.1. The second-order valence-electron chi connectivity index (χ2n) is 4.34. The molecule has 0 heterocycles. The number of benzene rings is 1. The number of hydrogen-bond acceptors (Lipinski definition) is 4. The van der Waals surface area contributed by atoms with E-state index in [1.54, 1.807) is 13.8 Å². The highest BCUT2D eigenvalue weighted by atomic mass is 19.1. The predicted octanol–water partition coefficient (Wildman–Crippen LogP) is 1.48. The minimum absolute atomic E-state index is 0.132. The van der Waals surface area contributed by atoms with Crippen molar-refractivity contribution in [2.24, 2.45) is 5.92 Å². The van der Waals surface area contributed by atoms with Crippen LogP contribution in [0.15, 0.2) is 18.2 Å². The zero-order valence-electron chi connectivity index (χ0n) is 10.6. The van der Waals surface area contributed by atoms with E-state index in [0.717, 1.165) is 18.2 Å². The first-order valence-corrected chi connectivity index (χ1v) is 5.72. The highest BCUT2D eigenvalue weighted by Crippen LogP contribution is 2.19. The number of carbonyl (C=O) groups excluding carboxylic acids is 1. The van der Waals surface area contributed by atoms with Gasteiger partial charge in [0.2, 0.25) is 0 Å². The van der Waals surface area contributed by atoms with E-state index in [4.69, 9.17) is 5.11 Å². The van der Waals surface area contributed by atoms with Gasteiger partial charge in [-0.3, -0.25) is 14.9 Å². The quantitative estimate of drug-likeness (QED) is 0.626. The summed E-state index contributed by atoms with van der Waals surface area (Å²) in [6.45, 7) is 3.24. The van der Waals surface area contributed by atoms with Gasteiger partial charge in [0, 0.05) is 18.7 Å². The fourth-order valence-electron chi connectivity index (χ4n) is 1.43. The minimum atomic E-state index is -0.742. The molecule has 0 aliphatic rings. The summed E-state index contributed by atoms with van der Waals surface area (Å²) < 4.78 is 13.1. The number of nitro groups is 1. The third-order valence-electron chi connectivity index (χ3n) is 2.90. The van der Waals surface area contributed by atoms with E-state index in [-0.39, 0.29) is 24.1 Å². The molecule has 0 aromatic heterocycles. The molecule has 0 fully saturated rings. The van der Waals surface area contributed by atoms with Crippen LogP contribution in [0.4, 0.5) is 10.1 Å². The number of carbonyl (C=O) groups is 1. The lowest BCUT2D eigenvalue weighted by Gasteiger charge is -2.19. The van der Waals surface area contributed by atoms with Crippen LogP contribution in [0.25, 0.3) is 0 Å². The van der Waals surface area contributed by atoms with E-state index < -0.39 is 22.3 Å². The van der Waals surface area contributed by atoms with Crippen molar-refractivity contribution in [2.45, 2.75) is 19.9 Å². The van der Waals surface area contributed by atoms with Gasteiger partial charge in [-0.05, 0) is 25.0 Å². The number of halogens is 1. The molecule has 2 atom stereocenters. The van der Waals surface area contributed by atoms with Crippen molar-refractivity contribution >= 4 is 11.6 Å². The first-order valence-electron chi connectivity index (χ1n) is 5.72. The van der Waals surface area contributed by atoms with Gasteiger partial charge in [-0.25, -0.2) is 4.39 Å². The Balaban J connectivity index is 2.99. The summed E-state index contributed by atoms with van der Waals surface area (Å²) in [5.41, 5.74) is -0.787. The zero-order valence-corrected chi connectivity index (χ0v) is 10.6. The maximum Gasteiger partial charge on any atom is 0.282 e. The van der Waals surface area contributed by atoms with E-state index >= 15 is 0 Å². The summed E-state index contributed by atoms with van der Waals surface area (Å²) in [7, 11) is 0. The molecule has 19 heavy (non-hydrogen) atoms. The first-order chi connectivity index (χ1) is 8.86. The molecule has 0 saturated carbocycles. The summed E-state index contributed by atoms with van der Waals surface area (Å²) in [6, 6.07) is 2.31. The smallest absolute Gasteiger partial charge is 0.282 e. The zero-order chi connectivity index (χ0) is 14.6.